The highest BCUT2D eigenvalue weighted by atomic mass is 32.1. The summed E-state index contributed by atoms with van der Waals surface area (Å²) in [6.45, 7) is 2.04. The van der Waals surface area contributed by atoms with Crippen LogP contribution in [0.15, 0.2) is 16.8 Å². The van der Waals surface area contributed by atoms with Crippen molar-refractivity contribution in [2.45, 2.75) is 6.92 Å². The summed E-state index contributed by atoms with van der Waals surface area (Å²) in [7, 11) is 0. The maximum Gasteiger partial charge on any atom is -0.00583 e. The first-order valence-electron chi connectivity index (χ1n) is 2.25. The van der Waals surface area contributed by atoms with Crippen LogP contribution in [0.1, 0.15) is 12.5 Å². The van der Waals surface area contributed by atoms with Gasteiger partial charge in [-0.25, -0.2) is 0 Å². The fraction of sp³-hybridized carbons (Fsp3) is 0.167. The second-order valence-corrected chi connectivity index (χ2v) is 2.13. The molecule has 0 saturated heterocycles. The van der Waals surface area contributed by atoms with Gasteiger partial charge in [0.25, 0.3) is 0 Å². The lowest BCUT2D eigenvalue weighted by Crippen LogP contribution is -1.62. The van der Waals surface area contributed by atoms with Gasteiger partial charge in [0.2, 0.25) is 0 Å². The van der Waals surface area contributed by atoms with Gasteiger partial charge in [0.1, 0.15) is 0 Å². The van der Waals surface area contributed by atoms with Crippen LogP contribution in [0, 0.1) is 6.42 Å². The van der Waals surface area contributed by atoms with Gasteiger partial charge in [-0.2, -0.15) is 11.3 Å². The molecular formula is C6H7S. The molecule has 1 aromatic rings. The van der Waals surface area contributed by atoms with Crippen LogP contribution >= 0.6 is 11.3 Å². The van der Waals surface area contributed by atoms with Crippen molar-refractivity contribution in [3.63, 3.8) is 0 Å². The monoisotopic (exact) mass is 111 g/mol. The van der Waals surface area contributed by atoms with Crippen molar-refractivity contribution in [1.29, 1.82) is 0 Å². The maximum absolute atomic E-state index is 2.12. The highest BCUT2D eigenvalue weighted by molar-refractivity contribution is 7.08. The summed E-state index contributed by atoms with van der Waals surface area (Å²) < 4.78 is 0. The summed E-state index contributed by atoms with van der Waals surface area (Å²) in [5.74, 6) is 0. The Morgan fingerprint density at radius 2 is 2.57 bits per heavy atom. The minimum atomic E-state index is 1.32. The number of thiophene rings is 1. The molecular weight excluding hydrogens is 104 g/mol. The van der Waals surface area contributed by atoms with Crippen molar-refractivity contribution in [1.82, 2.24) is 0 Å². The van der Waals surface area contributed by atoms with Gasteiger partial charge in [-0.15, -0.1) is 0 Å². The largest absolute Gasteiger partial charge is 0.152 e. The van der Waals surface area contributed by atoms with E-state index in [1.54, 1.807) is 11.3 Å². The molecule has 0 spiro atoms. The molecule has 7 heavy (non-hydrogen) atoms. The van der Waals surface area contributed by atoms with E-state index in [-0.39, 0.29) is 0 Å². The second kappa shape index (κ2) is 2.12. The molecule has 0 amide bonds. The summed E-state index contributed by atoms with van der Waals surface area (Å²) in [5.41, 5.74) is 1.32. The Hall–Kier alpha value is -0.300. The first-order valence-corrected chi connectivity index (χ1v) is 3.19. The van der Waals surface area contributed by atoms with Gasteiger partial charge in [0.05, 0.1) is 0 Å². The standard InChI is InChI=1S/C6H7S/c1-2-6-3-4-7-5-6/h2-5H,1H3. The topological polar surface area (TPSA) is 0 Å². The van der Waals surface area contributed by atoms with E-state index < -0.39 is 0 Å². The zero-order chi connectivity index (χ0) is 5.11. The Labute approximate surface area is 47.8 Å². The first-order chi connectivity index (χ1) is 3.43. The molecule has 0 saturated carbocycles. The van der Waals surface area contributed by atoms with Crippen LogP contribution in [0.4, 0.5) is 0 Å². The average molecular weight is 111 g/mol. The number of hydrogen-bond acceptors (Lipinski definition) is 1. The smallest absolute Gasteiger partial charge is 0.00583 e. The third kappa shape index (κ3) is 1.03. The molecule has 0 aliphatic heterocycles. The third-order valence-corrected chi connectivity index (χ3v) is 1.58. The van der Waals surface area contributed by atoms with E-state index in [1.165, 1.54) is 5.56 Å². The molecule has 0 aromatic carbocycles. The molecule has 0 atom stereocenters. The zero-order valence-electron chi connectivity index (χ0n) is 4.22. The molecule has 0 unspecified atom stereocenters. The van der Waals surface area contributed by atoms with E-state index in [1.807, 2.05) is 6.92 Å². The van der Waals surface area contributed by atoms with E-state index >= 15 is 0 Å². The molecule has 1 heterocycles. The molecule has 37 valence electrons. The Bertz CT molecular complexity index is 119. The van der Waals surface area contributed by atoms with Crippen LogP contribution in [0.3, 0.4) is 0 Å². The Balaban J connectivity index is 2.76. The Morgan fingerprint density at radius 3 is 2.86 bits per heavy atom. The molecule has 1 rings (SSSR count). The Kier molecular flexibility index (Phi) is 1.47. The van der Waals surface area contributed by atoms with Crippen molar-refractivity contribution >= 4 is 11.3 Å². The predicted octanol–water partition coefficient (Wildman–Crippen LogP) is 2.32. The van der Waals surface area contributed by atoms with Gasteiger partial charge >= 0.3 is 0 Å². The van der Waals surface area contributed by atoms with Gasteiger partial charge in [-0.1, -0.05) is 6.92 Å². The summed E-state index contributed by atoms with van der Waals surface area (Å²) in [4.78, 5) is 0. The van der Waals surface area contributed by atoms with Crippen molar-refractivity contribution in [3.8, 4) is 0 Å². The summed E-state index contributed by atoms with van der Waals surface area (Å²) >= 11 is 1.73. The molecule has 1 heteroatoms. The molecule has 0 aliphatic carbocycles. The van der Waals surface area contributed by atoms with E-state index in [0.29, 0.717) is 0 Å². The highest BCUT2D eigenvalue weighted by Crippen LogP contribution is 2.06. The van der Waals surface area contributed by atoms with E-state index in [2.05, 4.69) is 23.2 Å². The van der Waals surface area contributed by atoms with Gasteiger partial charge in [-0.3, -0.25) is 0 Å². The van der Waals surface area contributed by atoms with Gasteiger partial charge in [-0.05, 0) is 28.8 Å². The van der Waals surface area contributed by atoms with Crippen LogP contribution in [0.5, 0.6) is 0 Å². The van der Waals surface area contributed by atoms with Crippen LogP contribution in [0.25, 0.3) is 0 Å². The zero-order valence-corrected chi connectivity index (χ0v) is 5.03. The minimum absolute atomic E-state index is 1.32. The van der Waals surface area contributed by atoms with Crippen LogP contribution in [-0.2, 0) is 0 Å². The van der Waals surface area contributed by atoms with Crippen LogP contribution in [-0.4, -0.2) is 0 Å². The minimum Gasteiger partial charge on any atom is -0.152 e. The molecule has 0 nitrogen and oxygen atoms in total. The average Bonchev–Trinajstić information content (AvgIpc) is 2.14. The summed E-state index contributed by atoms with van der Waals surface area (Å²) in [6, 6.07) is 2.10. The quantitative estimate of drug-likeness (QED) is 0.521. The molecule has 0 bridgehead atoms. The fourth-order valence-corrected chi connectivity index (χ4v) is 1.13. The van der Waals surface area contributed by atoms with Gasteiger partial charge in [0, 0.05) is 0 Å². The molecule has 0 N–H and O–H groups in total. The van der Waals surface area contributed by atoms with E-state index in [4.69, 9.17) is 0 Å². The first kappa shape index (κ1) is 4.85. The molecule has 1 aromatic heterocycles. The van der Waals surface area contributed by atoms with Crippen molar-refractivity contribution in [2.75, 3.05) is 0 Å². The lowest BCUT2D eigenvalue weighted by atomic mass is 10.3. The molecule has 0 fully saturated rings. The highest BCUT2D eigenvalue weighted by Gasteiger charge is 1.82. The van der Waals surface area contributed by atoms with Crippen molar-refractivity contribution in [2.24, 2.45) is 0 Å². The lowest BCUT2D eigenvalue weighted by Gasteiger charge is -1.78. The van der Waals surface area contributed by atoms with E-state index in [0.717, 1.165) is 0 Å². The SMILES string of the molecule is C[CH]c1ccsc1. The van der Waals surface area contributed by atoms with Crippen molar-refractivity contribution in [3.05, 3.63) is 28.8 Å². The predicted molar refractivity (Wildman–Crippen MR) is 33.4 cm³/mol. The Morgan fingerprint density at radius 1 is 1.71 bits per heavy atom. The second-order valence-electron chi connectivity index (χ2n) is 1.35. The summed E-state index contributed by atoms with van der Waals surface area (Å²) in [5, 5.41) is 4.20. The number of hydrogen-bond donors (Lipinski definition) is 0. The number of rotatable bonds is 1. The van der Waals surface area contributed by atoms with Gasteiger partial charge in [0.15, 0.2) is 0 Å². The lowest BCUT2D eigenvalue weighted by molar-refractivity contribution is 1.47. The van der Waals surface area contributed by atoms with Crippen LogP contribution in [0.2, 0.25) is 0 Å². The fourth-order valence-electron chi connectivity index (χ4n) is 0.439. The van der Waals surface area contributed by atoms with Crippen LogP contribution < -0.4 is 0 Å². The molecule has 0 aliphatic rings. The summed E-state index contributed by atoms with van der Waals surface area (Å²) in [6.07, 6.45) is 2.09. The van der Waals surface area contributed by atoms with Gasteiger partial charge < -0.3 is 0 Å². The molecule has 1 radical (unpaired) electrons. The van der Waals surface area contributed by atoms with Crippen molar-refractivity contribution < 1.29 is 0 Å². The van der Waals surface area contributed by atoms with E-state index in [9.17, 15) is 0 Å². The normalized spacial score (nSPS) is 9.29. The maximum atomic E-state index is 2.12. The third-order valence-electron chi connectivity index (χ3n) is 0.877.